The largest absolute Gasteiger partial charge is 0.462 e. The summed E-state index contributed by atoms with van der Waals surface area (Å²) in [5.74, 6) is -0.993. The highest BCUT2D eigenvalue weighted by Crippen LogP contribution is 2.15. The molecule has 0 unspecified atom stereocenters. The van der Waals surface area contributed by atoms with Crippen molar-refractivity contribution in [3.8, 4) is 0 Å². The van der Waals surface area contributed by atoms with Crippen molar-refractivity contribution in [3.05, 3.63) is 85.1 Å². The fraction of sp³-hybridized carbons (Fsp3) is 0.717. The van der Waals surface area contributed by atoms with E-state index in [1.807, 2.05) is 6.08 Å². The Morgan fingerprint density at radius 2 is 0.621 bits per heavy atom. The van der Waals surface area contributed by atoms with Gasteiger partial charge in [0.25, 0.3) is 0 Å². The summed E-state index contributed by atoms with van der Waals surface area (Å²) in [6, 6.07) is 0. The van der Waals surface area contributed by atoms with Crippen molar-refractivity contribution in [2.24, 2.45) is 0 Å². The second-order valence-corrected chi connectivity index (χ2v) is 18.1. The lowest BCUT2D eigenvalue weighted by atomic mass is 10.0. The zero-order chi connectivity index (χ0) is 47.9. The first-order chi connectivity index (χ1) is 32.5. The van der Waals surface area contributed by atoms with Crippen LogP contribution in [-0.2, 0) is 28.6 Å². The maximum atomic E-state index is 12.8. The number of unbranched alkanes of at least 4 members (excludes halogenated alkanes) is 24. The molecular weight excluding hydrogens is 817 g/mol. The predicted molar refractivity (Wildman–Crippen MR) is 284 cm³/mol. The van der Waals surface area contributed by atoms with E-state index in [1.54, 1.807) is 0 Å². The standard InChI is InChI=1S/C60H102O6/c1-4-7-10-13-16-19-22-25-27-29-30-31-33-35-38-41-44-47-50-53-59(62)65-56-57(55-64-58(61)52-49-46-43-40-37-34-24-21-18-15-12-9-6-3)66-60(63)54-51-48-45-42-39-36-32-28-26-23-20-17-14-11-8-5-2/h7,10,16,19,21,24-25,27,30-31,35,38,44,47,57H,4-6,8-9,11-15,17-18,20,22-23,26,28-29,32-34,36-37,39-43,45-46,48-56H2,1-3H3/b10-7+,19-16+,24-21+,27-25+,31-30+,38-35+,47-44+/t57-/m1/s1. The van der Waals surface area contributed by atoms with Crippen molar-refractivity contribution in [1.29, 1.82) is 0 Å². The number of carbonyl (C=O) groups is 3. The van der Waals surface area contributed by atoms with Crippen molar-refractivity contribution >= 4 is 17.9 Å². The molecule has 6 heteroatoms. The monoisotopic (exact) mass is 919 g/mol. The van der Waals surface area contributed by atoms with E-state index < -0.39 is 6.10 Å². The van der Waals surface area contributed by atoms with Gasteiger partial charge in [-0.05, 0) is 83.5 Å². The average molecular weight is 919 g/mol. The molecule has 0 radical (unpaired) electrons. The molecule has 0 saturated carbocycles. The van der Waals surface area contributed by atoms with Gasteiger partial charge < -0.3 is 14.2 Å². The molecule has 1 atom stereocenters. The summed E-state index contributed by atoms with van der Waals surface area (Å²) in [7, 11) is 0. The molecule has 0 aromatic heterocycles. The van der Waals surface area contributed by atoms with Gasteiger partial charge in [-0.2, -0.15) is 0 Å². The van der Waals surface area contributed by atoms with E-state index in [4.69, 9.17) is 14.2 Å². The summed E-state index contributed by atoms with van der Waals surface area (Å²) in [6.45, 7) is 6.45. The van der Waals surface area contributed by atoms with Gasteiger partial charge in [-0.1, -0.05) is 241 Å². The third-order valence-corrected chi connectivity index (χ3v) is 11.6. The van der Waals surface area contributed by atoms with Crippen LogP contribution in [0.4, 0.5) is 0 Å². The minimum Gasteiger partial charge on any atom is -0.462 e. The van der Waals surface area contributed by atoms with Gasteiger partial charge in [0.05, 0.1) is 0 Å². The van der Waals surface area contributed by atoms with Crippen LogP contribution in [0.15, 0.2) is 85.1 Å². The number of hydrogen-bond acceptors (Lipinski definition) is 6. The topological polar surface area (TPSA) is 78.9 Å². The zero-order valence-electron chi connectivity index (χ0n) is 43.2. The van der Waals surface area contributed by atoms with Crippen molar-refractivity contribution in [2.45, 2.75) is 264 Å². The number of allylic oxidation sites excluding steroid dienone is 14. The summed E-state index contributed by atoms with van der Waals surface area (Å²) < 4.78 is 16.8. The van der Waals surface area contributed by atoms with Crippen LogP contribution in [0.2, 0.25) is 0 Å². The van der Waals surface area contributed by atoms with Gasteiger partial charge in [-0.15, -0.1) is 0 Å². The van der Waals surface area contributed by atoms with Gasteiger partial charge in [-0.25, -0.2) is 0 Å². The third kappa shape index (κ3) is 51.6. The van der Waals surface area contributed by atoms with Crippen LogP contribution in [0.5, 0.6) is 0 Å². The van der Waals surface area contributed by atoms with Crippen molar-refractivity contribution in [2.75, 3.05) is 13.2 Å². The molecule has 0 spiro atoms. The zero-order valence-corrected chi connectivity index (χ0v) is 43.2. The van der Waals surface area contributed by atoms with E-state index in [-0.39, 0.29) is 37.5 Å². The van der Waals surface area contributed by atoms with Crippen molar-refractivity contribution < 1.29 is 28.6 Å². The summed E-state index contributed by atoms with van der Waals surface area (Å²) in [5.41, 5.74) is 0. The molecule has 0 bridgehead atoms. The number of esters is 3. The van der Waals surface area contributed by atoms with E-state index in [0.717, 1.165) is 89.9 Å². The molecule has 0 heterocycles. The second kappa shape index (κ2) is 54.2. The fourth-order valence-corrected chi connectivity index (χ4v) is 7.52. The number of carbonyl (C=O) groups excluding carboxylic acids is 3. The minimum absolute atomic E-state index is 0.102. The molecular formula is C60H102O6. The van der Waals surface area contributed by atoms with E-state index in [9.17, 15) is 14.4 Å². The molecule has 0 saturated heterocycles. The molecule has 0 N–H and O–H groups in total. The van der Waals surface area contributed by atoms with Gasteiger partial charge in [0, 0.05) is 19.3 Å². The molecule has 0 aliphatic carbocycles. The second-order valence-electron chi connectivity index (χ2n) is 18.1. The summed E-state index contributed by atoms with van der Waals surface area (Å²) >= 11 is 0. The Bertz CT molecular complexity index is 1290. The first-order valence-corrected chi connectivity index (χ1v) is 27.6. The predicted octanol–water partition coefficient (Wildman–Crippen LogP) is 18.4. The maximum absolute atomic E-state index is 12.8. The van der Waals surface area contributed by atoms with Crippen LogP contribution >= 0.6 is 0 Å². The Morgan fingerprint density at radius 3 is 1.03 bits per heavy atom. The lowest BCUT2D eigenvalue weighted by molar-refractivity contribution is -0.166. The molecule has 6 nitrogen and oxygen atoms in total. The highest BCUT2D eigenvalue weighted by molar-refractivity contribution is 5.71. The molecule has 0 fully saturated rings. The van der Waals surface area contributed by atoms with Crippen LogP contribution < -0.4 is 0 Å². The number of rotatable bonds is 49. The van der Waals surface area contributed by atoms with Crippen LogP contribution in [0.1, 0.15) is 258 Å². The van der Waals surface area contributed by atoms with E-state index in [2.05, 4.69) is 99.8 Å². The molecule has 0 aromatic carbocycles. The molecule has 66 heavy (non-hydrogen) atoms. The first-order valence-electron chi connectivity index (χ1n) is 27.6. The van der Waals surface area contributed by atoms with Crippen molar-refractivity contribution in [1.82, 2.24) is 0 Å². The summed E-state index contributed by atoms with van der Waals surface area (Å²) in [4.78, 5) is 38.0. The van der Waals surface area contributed by atoms with Gasteiger partial charge in [0.2, 0.25) is 0 Å². The Balaban J connectivity index is 4.49. The molecule has 0 aliphatic heterocycles. The van der Waals surface area contributed by atoms with Gasteiger partial charge >= 0.3 is 17.9 Å². The van der Waals surface area contributed by atoms with Crippen molar-refractivity contribution in [3.63, 3.8) is 0 Å². The average Bonchev–Trinajstić information content (AvgIpc) is 3.31. The molecule has 0 rings (SSSR count). The van der Waals surface area contributed by atoms with Crippen LogP contribution in [0.25, 0.3) is 0 Å². The molecule has 0 aromatic rings. The molecule has 378 valence electrons. The fourth-order valence-electron chi connectivity index (χ4n) is 7.52. The lowest BCUT2D eigenvalue weighted by Gasteiger charge is -2.18. The molecule has 0 aliphatic rings. The lowest BCUT2D eigenvalue weighted by Crippen LogP contribution is -2.30. The van der Waals surface area contributed by atoms with Crippen LogP contribution in [0, 0.1) is 0 Å². The molecule has 0 amide bonds. The maximum Gasteiger partial charge on any atom is 0.306 e. The van der Waals surface area contributed by atoms with E-state index >= 15 is 0 Å². The van der Waals surface area contributed by atoms with Gasteiger partial charge in [0.15, 0.2) is 6.10 Å². The van der Waals surface area contributed by atoms with Crippen LogP contribution in [-0.4, -0.2) is 37.2 Å². The first kappa shape index (κ1) is 62.6. The summed E-state index contributed by atoms with van der Waals surface area (Å²) in [5, 5.41) is 0. The normalized spacial score (nSPS) is 12.7. The minimum atomic E-state index is -0.808. The third-order valence-electron chi connectivity index (χ3n) is 11.6. The van der Waals surface area contributed by atoms with E-state index in [1.165, 1.54) is 122 Å². The number of hydrogen-bond donors (Lipinski definition) is 0. The van der Waals surface area contributed by atoms with Gasteiger partial charge in [0.1, 0.15) is 13.2 Å². The Morgan fingerprint density at radius 1 is 0.318 bits per heavy atom. The Labute approximate surface area is 407 Å². The van der Waals surface area contributed by atoms with Crippen LogP contribution in [0.3, 0.4) is 0 Å². The Kier molecular flexibility index (Phi) is 51.4. The summed E-state index contributed by atoms with van der Waals surface area (Å²) in [6.07, 6.45) is 70.1. The number of ether oxygens (including phenoxy) is 3. The van der Waals surface area contributed by atoms with Gasteiger partial charge in [-0.3, -0.25) is 14.4 Å². The van der Waals surface area contributed by atoms with E-state index in [0.29, 0.717) is 19.3 Å². The highest BCUT2D eigenvalue weighted by atomic mass is 16.6. The smallest absolute Gasteiger partial charge is 0.306 e. The Hall–Kier alpha value is -3.41. The SMILES string of the molecule is CC/C=C/C/C=C/C/C=C/C/C=C/C/C=C/C/C=C/CCC(=O)OC[C@@H](COC(=O)CCCCCCC/C=C/CCCCCC)OC(=O)CCCCCCCCCCCCCCCCCC. The quantitative estimate of drug-likeness (QED) is 0.0262. The highest BCUT2D eigenvalue weighted by Gasteiger charge is 2.19.